The molecule has 0 aliphatic carbocycles. The van der Waals surface area contributed by atoms with Crippen molar-refractivity contribution < 1.29 is 19.1 Å². The number of amides is 2. The molecule has 0 unspecified atom stereocenters. The lowest BCUT2D eigenvalue weighted by Crippen LogP contribution is -2.63. The maximum absolute atomic E-state index is 13.6. The average molecular weight is 511 g/mol. The summed E-state index contributed by atoms with van der Waals surface area (Å²) in [7, 11) is 0. The van der Waals surface area contributed by atoms with Gasteiger partial charge in [-0.25, -0.2) is 9.37 Å². The molecule has 2 aliphatic rings. The van der Waals surface area contributed by atoms with Crippen molar-refractivity contribution in [2.75, 3.05) is 19.6 Å². The zero-order valence-corrected chi connectivity index (χ0v) is 21.1. The molecule has 1 aromatic carbocycles. The minimum absolute atomic E-state index is 0.125. The SMILES string of the molecule is CC(C)N1C[C@@](C)(C(=O)N2CCC2)n2cc(-c3ncc(Cc4ccc(F)cc4)s3)c(=O)c(O)c2C1=O. The Balaban J connectivity index is 1.60. The van der Waals surface area contributed by atoms with Gasteiger partial charge in [0.25, 0.3) is 5.91 Å². The maximum Gasteiger partial charge on any atom is 0.274 e. The lowest BCUT2D eigenvalue weighted by Gasteiger charge is -2.47. The lowest BCUT2D eigenvalue weighted by molar-refractivity contribution is -0.145. The van der Waals surface area contributed by atoms with Crippen molar-refractivity contribution in [1.82, 2.24) is 19.4 Å². The predicted molar refractivity (Wildman–Crippen MR) is 134 cm³/mol. The molecule has 10 heteroatoms. The summed E-state index contributed by atoms with van der Waals surface area (Å²) in [5.41, 5.74) is -1.06. The van der Waals surface area contributed by atoms with E-state index in [0.29, 0.717) is 24.5 Å². The van der Waals surface area contributed by atoms with Gasteiger partial charge in [-0.05, 0) is 44.9 Å². The highest BCUT2D eigenvalue weighted by atomic mass is 32.1. The molecule has 5 rings (SSSR count). The molecular formula is C26H27FN4O4S. The number of carbonyl (C=O) groups excluding carboxylic acids is 2. The number of likely N-dealkylation sites (tertiary alicyclic amines) is 1. The Hall–Kier alpha value is -3.53. The molecule has 36 heavy (non-hydrogen) atoms. The van der Waals surface area contributed by atoms with Crippen LogP contribution in [0.1, 0.15) is 48.1 Å². The van der Waals surface area contributed by atoms with Crippen LogP contribution in [0.2, 0.25) is 0 Å². The lowest BCUT2D eigenvalue weighted by atomic mass is 9.91. The number of fused-ring (bicyclic) bond motifs is 1. The molecule has 1 saturated heterocycles. The molecule has 0 radical (unpaired) electrons. The molecule has 2 aromatic heterocycles. The normalized spacial score (nSPS) is 19.4. The van der Waals surface area contributed by atoms with Gasteiger partial charge in [-0.1, -0.05) is 12.1 Å². The van der Waals surface area contributed by atoms with Crippen molar-refractivity contribution in [3.8, 4) is 16.3 Å². The van der Waals surface area contributed by atoms with Gasteiger partial charge in [-0.3, -0.25) is 14.4 Å². The number of aromatic nitrogens is 2. The van der Waals surface area contributed by atoms with E-state index in [9.17, 15) is 23.9 Å². The Kier molecular flexibility index (Phi) is 5.94. The highest BCUT2D eigenvalue weighted by Crippen LogP contribution is 2.36. The highest BCUT2D eigenvalue weighted by molar-refractivity contribution is 7.15. The molecule has 8 nitrogen and oxygen atoms in total. The summed E-state index contributed by atoms with van der Waals surface area (Å²) in [6.07, 6.45) is 4.55. The van der Waals surface area contributed by atoms with Crippen LogP contribution in [0.5, 0.6) is 5.75 Å². The first-order valence-corrected chi connectivity index (χ1v) is 12.7. The summed E-state index contributed by atoms with van der Waals surface area (Å²) in [5.74, 6) is -1.64. The van der Waals surface area contributed by atoms with Gasteiger partial charge >= 0.3 is 0 Å². The van der Waals surface area contributed by atoms with E-state index in [1.807, 2.05) is 13.8 Å². The second-order valence-electron chi connectivity index (χ2n) is 9.82. The second-order valence-corrected chi connectivity index (χ2v) is 10.9. The summed E-state index contributed by atoms with van der Waals surface area (Å²) in [4.78, 5) is 48.6. The van der Waals surface area contributed by atoms with E-state index in [1.165, 1.54) is 39.1 Å². The van der Waals surface area contributed by atoms with E-state index >= 15 is 0 Å². The molecule has 1 N–H and O–H groups in total. The largest absolute Gasteiger partial charge is 0.503 e. The van der Waals surface area contributed by atoms with Gasteiger partial charge in [0, 0.05) is 42.8 Å². The Morgan fingerprint density at radius 2 is 1.92 bits per heavy atom. The van der Waals surface area contributed by atoms with Crippen molar-refractivity contribution in [3.63, 3.8) is 0 Å². The van der Waals surface area contributed by atoms with E-state index in [1.54, 1.807) is 30.2 Å². The number of hydrogen-bond acceptors (Lipinski definition) is 6. The van der Waals surface area contributed by atoms with Crippen LogP contribution in [0.25, 0.3) is 10.6 Å². The molecule has 0 bridgehead atoms. The molecule has 4 heterocycles. The number of benzene rings is 1. The van der Waals surface area contributed by atoms with Crippen LogP contribution in [0.15, 0.2) is 41.5 Å². The number of pyridine rings is 1. The first-order chi connectivity index (χ1) is 17.1. The van der Waals surface area contributed by atoms with Crippen LogP contribution in [-0.4, -0.2) is 61.9 Å². The number of thiazole rings is 1. The van der Waals surface area contributed by atoms with Crippen molar-refractivity contribution >= 4 is 23.2 Å². The molecule has 0 spiro atoms. The molecule has 2 amide bonds. The monoisotopic (exact) mass is 510 g/mol. The molecule has 188 valence electrons. The van der Waals surface area contributed by atoms with Gasteiger partial charge < -0.3 is 19.5 Å². The Morgan fingerprint density at radius 3 is 2.53 bits per heavy atom. The van der Waals surface area contributed by atoms with E-state index in [2.05, 4.69) is 4.98 Å². The predicted octanol–water partition coefficient (Wildman–Crippen LogP) is 3.22. The topological polar surface area (TPSA) is 95.7 Å². The third-order valence-corrected chi connectivity index (χ3v) is 7.99. The zero-order valence-electron chi connectivity index (χ0n) is 20.3. The summed E-state index contributed by atoms with van der Waals surface area (Å²) in [6, 6.07) is 5.93. The van der Waals surface area contributed by atoms with Gasteiger partial charge in [-0.2, -0.15) is 0 Å². The summed E-state index contributed by atoms with van der Waals surface area (Å²) in [5, 5.41) is 11.4. The standard InChI is InChI=1S/C26H27FN4O4S/c1-15(2)30-14-26(3,25(35)29-9-4-10-29)31-13-19(21(32)22(33)20(31)24(30)34)23-28-12-18(36-23)11-16-5-7-17(27)8-6-16/h5-8,12-13,15,33H,4,9-11,14H2,1-3H3/t26-/m0/s1. The average Bonchev–Trinajstić information content (AvgIpc) is 3.26. The first kappa shape index (κ1) is 24.2. The van der Waals surface area contributed by atoms with E-state index in [4.69, 9.17) is 0 Å². The highest BCUT2D eigenvalue weighted by Gasteiger charge is 2.49. The van der Waals surface area contributed by atoms with Crippen LogP contribution in [0, 0.1) is 5.82 Å². The summed E-state index contributed by atoms with van der Waals surface area (Å²) in [6.45, 7) is 6.82. The molecule has 0 saturated carbocycles. The van der Waals surface area contributed by atoms with Gasteiger partial charge in [0.2, 0.25) is 11.3 Å². The van der Waals surface area contributed by atoms with Crippen LogP contribution < -0.4 is 5.43 Å². The smallest absolute Gasteiger partial charge is 0.274 e. The summed E-state index contributed by atoms with van der Waals surface area (Å²) < 4.78 is 14.7. The third kappa shape index (κ3) is 3.89. The number of rotatable bonds is 5. The van der Waals surface area contributed by atoms with E-state index in [0.717, 1.165) is 16.9 Å². The molecule has 2 aliphatic heterocycles. The Labute approximate surface area is 211 Å². The third-order valence-electron chi connectivity index (χ3n) is 6.96. The van der Waals surface area contributed by atoms with Gasteiger partial charge in [0.15, 0.2) is 11.4 Å². The summed E-state index contributed by atoms with van der Waals surface area (Å²) >= 11 is 1.28. The fourth-order valence-corrected chi connectivity index (χ4v) is 5.68. The molecule has 1 fully saturated rings. The van der Waals surface area contributed by atoms with Crippen LogP contribution >= 0.6 is 11.3 Å². The minimum Gasteiger partial charge on any atom is -0.503 e. The van der Waals surface area contributed by atoms with Gasteiger partial charge in [-0.15, -0.1) is 11.3 Å². The van der Waals surface area contributed by atoms with Gasteiger partial charge in [0.1, 0.15) is 16.4 Å². The number of nitrogens with zero attached hydrogens (tertiary/aromatic N) is 4. The number of halogens is 1. The number of hydrogen-bond donors (Lipinski definition) is 1. The van der Waals surface area contributed by atoms with E-state index in [-0.39, 0.29) is 35.6 Å². The van der Waals surface area contributed by atoms with Crippen LogP contribution in [0.4, 0.5) is 4.39 Å². The quantitative estimate of drug-likeness (QED) is 0.569. The Bertz CT molecular complexity index is 1410. The molecule has 3 aromatic rings. The molecular weight excluding hydrogens is 483 g/mol. The first-order valence-electron chi connectivity index (χ1n) is 11.9. The fourth-order valence-electron chi connectivity index (χ4n) is 4.73. The Morgan fingerprint density at radius 1 is 1.22 bits per heavy atom. The van der Waals surface area contributed by atoms with Crippen molar-refractivity contribution in [3.05, 3.63) is 68.8 Å². The second kappa shape index (κ2) is 8.85. The minimum atomic E-state index is -1.19. The van der Waals surface area contributed by atoms with E-state index < -0.39 is 22.6 Å². The number of aromatic hydroxyl groups is 1. The van der Waals surface area contributed by atoms with Gasteiger partial charge in [0.05, 0.1) is 12.1 Å². The zero-order chi connectivity index (χ0) is 25.8. The fraction of sp³-hybridized carbons (Fsp3) is 0.385. The van der Waals surface area contributed by atoms with Crippen LogP contribution in [-0.2, 0) is 16.8 Å². The number of carbonyl (C=O) groups is 2. The van der Waals surface area contributed by atoms with Crippen LogP contribution in [0.3, 0.4) is 0 Å². The van der Waals surface area contributed by atoms with Crippen molar-refractivity contribution in [2.45, 2.75) is 45.2 Å². The maximum atomic E-state index is 13.6. The van der Waals surface area contributed by atoms with Crippen molar-refractivity contribution in [1.29, 1.82) is 0 Å². The molecule has 1 atom stereocenters. The van der Waals surface area contributed by atoms with Crippen molar-refractivity contribution in [2.24, 2.45) is 0 Å².